The number of nitrogens with zero attached hydrogens (tertiary/aromatic N) is 1. The summed E-state index contributed by atoms with van der Waals surface area (Å²) in [6.07, 6.45) is 1.78. The number of sulfonamides is 1. The SMILES string of the molecule is NCCCN(CCCN)CCCOc1ccc2sc(S(=O)(=O)NCP(=O)(O)O)cc2c1. The van der Waals surface area contributed by atoms with Crippen LogP contribution in [-0.2, 0) is 14.6 Å². The minimum atomic E-state index is -4.48. The molecule has 0 saturated carbocycles. The lowest BCUT2D eigenvalue weighted by Gasteiger charge is -2.21. The highest BCUT2D eigenvalue weighted by Crippen LogP contribution is 2.35. The molecule has 0 fully saturated rings. The molecule has 176 valence electrons. The molecule has 0 atom stereocenters. The van der Waals surface area contributed by atoms with Crippen molar-refractivity contribution in [1.82, 2.24) is 9.62 Å². The van der Waals surface area contributed by atoms with E-state index < -0.39 is 23.9 Å². The van der Waals surface area contributed by atoms with Gasteiger partial charge in [0, 0.05) is 11.2 Å². The predicted molar refractivity (Wildman–Crippen MR) is 123 cm³/mol. The van der Waals surface area contributed by atoms with Gasteiger partial charge in [0.2, 0.25) is 0 Å². The molecule has 0 radical (unpaired) electrons. The second-order valence-corrected chi connectivity index (χ2v) is 11.8. The first-order valence-electron chi connectivity index (χ1n) is 9.98. The Balaban J connectivity index is 1.93. The van der Waals surface area contributed by atoms with Crippen LogP contribution >= 0.6 is 18.9 Å². The van der Waals surface area contributed by atoms with Gasteiger partial charge in [0.05, 0.1) is 6.61 Å². The Morgan fingerprint density at radius 2 is 1.71 bits per heavy atom. The molecule has 7 N–H and O–H groups in total. The summed E-state index contributed by atoms with van der Waals surface area (Å²) in [4.78, 5) is 20.1. The quantitative estimate of drug-likeness (QED) is 0.180. The minimum absolute atomic E-state index is 0.0106. The van der Waals surface area contributed by atoms with E-state index in [0.29, 0.717) is 30.8 Å². The second kappa shape index (κ2) is 12.2. The van der Waals surface area contributed by atoms with Crippen LogP contribution in [0.15, 0.2) is 28.5 Å². The average molecular weight is 495 g/mol. The van der Waals surface area contributed by atoms with Gasteiger partial charge in [0.1, 0.15) is 16.2 Å². The molecular weight excluding hydrogens is 463 g/mol. The maximum absolute atomic E-state index is 12.3. The molecule has 0 amide bonds. The van der Waals surface area contributed by atoms with Crippen molar-refractivity contribution in [3.05, 3.63) is 24.3 Å². The lowest BCUT2D eigenvalue weighted by atomic mass is 10.2. The van der Waals surface area contributed by atoms with Crippen LogP contribution in [0.4, 0.5) is 0 Å². The van der Waals surface area contributed by atoms with Gasteiger partial charge < -0.3 is 30.9 Å². The second-order valence-electron chi connectivity index (χ2n) is 7.06. The molecule has 1 aromatic carbocycles. The lowest BCUT2D eigenvalue weighted by Crippen LogP contribution is -2.30. The van der Waals surface area contributed by atoms with Crippen molar-refractivity contribution >= 4 is 39.0 Å². The standard InChI is InChI=1S/C18H31N4O6PS2/c19-6-1-8-22(9-2-7-20)10-3-11-28-16-4-5-17-15(12-16)13-18(30-17)31(26,27)21-14-29(23,24)25/h4-5,12-13,21H,1-3,6-11,14,19-20H2,(H2,23,24,25). The van der Waals surface area contributed by atoms with Gasteiger partial charge >= 0.3 is 7.60 Å². The van der Waals surface area contributed by atoms with Gasteiger partial charge in [-0.2, -0.15) is 4.72 Å². The third-order valence-electron chi connectivity index (χ3n) is 4.43. The molecule has 1 heterocycles. The van der Waals surface area contributed by atoms with Crippen molar-refractivity contribution < 1.29 is 27.5 Å². The van der Waals surface area contributed by atoms with E-state index >= 15 is 0 Å². The van der Waals surface area contributed by atoms with Gasteiger partial charge in [-0.15, -0.1) is 11.3 Å². The monoisotopic (exact) mass is 494 g/mol. The first kappa shape index (κ1) is 26.2. The van der Waals surface area contributed by atoms with E-state index in [4.69, 9.17) is 26.0 Å². The van der Waals surface area contributed by atoms with Crippen LogP contribution in [-0.4, -0.2) is 68.7 Å². The topological polar surface area (TPSA) is 168 Å². The number of benzene rings is 1. The maximum atomic E-state index is 12.3. The van der Waals surface area contributed by atoms with Crippen LogP contribution < -0.4 is 20.9 Å². The maximum Gasteiger partial charge on any atom is 0.340 e. The first-order chi connectivity index (χ1) is 14.6. The van der Waals surface area contributed by atoms with E-state index in [-0.39, 0.29) is 4.21 Å². The normalized spacial score (nSPS) is 12.7. The Morgan fingerprint density at radius 3 is 2.32 bits per heavy atom. The van der Waals surface area contributed by atoms with Gasteiger partial charge in [-0.05, 0) is 75.1 Å². The fourth-order valence-corrected chi connectivity index (χ4v) is 6.34. The third kappa shape index (κ3) is 9.13. The van der Waals surface area contributed by atoms with Crippen molar-refractivity contribution in [3.8, 4) is 5.75 Å². The van der Waals surface area contributed by atoms with Crippen molar-refractivity contribution in [3.63, 3.8) is 0 Å². The molecule has 0 aliphatic carbocycles. The highest BCUT2D eigenvalue weighted by molar-refractivity contribution is 7.92. The molecule has 0 aliphatic rings. The molecule has 0 aliphatic heterocycles. The van der Waals surface area contributed by atoms with E-state index in [0.717, 1.165) is 54.9 Å². The number of hydrogen-bond donors (Lipinski definition) is 5. The summed E-state index contributed by atoms with van der Waals surface area (Å²) in [6.45, 7) is 4.59. The summed E-state index contributed by atoms with van der Waals surface area (Å²) in [7, 11) is -8.48. The van der Waals surface area contributed by atoms with E-state index in [9.17, 15) is 13.0 Å². The van der Waals surface area contributed by atoms with Crippen molar-refractivity contribution in [2.45, 2.75) is 23.5 Å². The van der Waals surface area contributed by atoms with Gasteiger partial charge in [0.15, 0.2) is 0 Å². The van der Waals surface area contributed by atoms with Gasteiger partial charge in [0.25, 0.3) is 10.0 Å². The molecule has 10 nitrogen and oxygen atoms in total. The molecule has 2 rings (SSSR count). The molecule has 13 heteroatoms. The number of nitrogens with two attached hydrogens (primary N) is 2. The summed E-state index contributed by atoms with van der Waals surface area (Å²) < 4.78 is 43.9. The highest BCUT2D eigenvalue weighted by atomic mass is 32.2. The molecular formula is C18H31N4O6PS2. The largest absolute Gasteiger partial charge is 0.494 e. The zero-order valence-corrected chi connectivity index (χ0v) is 19.8. The lowest BCUT2D eigenvalue weighted by molar-refractivity contribution is 0.232. The van der Waals surface area contributed by atoms with Crippen molar-refractivity contribution in [1.29, 1.82) is 0 Å². The molecule has 1 aromatic heterocycles. The fourth-order valence-electron chi connectivity index (χ4n) is 2.90. The zero-order chi connectivity index (χ0) is 22.9. The zero-order valence-electron chi connectivity index (χ0n) is 17.3. The predicted octanol–water partition coefficient (Wildman–Crippen LogP) is 1.08. The Bertz CT molecular complexity index is 971. The fraction of sp³-hybridized carbons (Fsp3) is 0.556. The Morgan fingerprint density at radius 1 is 1.06 bits per heavy atom. The number of nitrogens with one attached hydrogen (secondary N) is 1. The van der Waals surface area contributed by atoms with Crippen LogP contribution in [0.5, 0.6) is 5.75 Å². The van der Waals surface area contributed by atoms with E-state index in [1.807, 2.05) is 4.72 Å². The highest BCUT2D eigenvalue weighted by Gasteiger charge is 2.22. The summed E-state index contributed by atoms with van der Waals surface area (Å²) in [6, 6.07) is 6.77. The molecule has 0 bridgehead atoms. The van der Waals surface area contributed by atoms with Crippen LogP contribution in [0.3, 0.4) is 0 Å². The van der Waals surface area contributed by atoms with Gasteiger partial charge in [-0.3, -0.25) is 4.57 Å². The Labute approximate surface area is 186 Å². The molecule has 2 aromatic rings. The first-order valence-corrected chi connectivity index (χ1v) is 14.1. The molecule has 0 spiro atoms. The van der Waals surface area contributed by atoms with Gasteiger partial charge in [-0.1, -0.05) is 0 Å². The molecule has 0 unspecified atom stereocenters. The summed E-state index contributed by atoms with van der Waals surface area (Å²) >= 11 is 1.02. The molecule has 31 heavy (non-hydrogen) atoms. The smallest absolute Gasteiger partial charge is 0.340 e. The molecule has 0 saturated heterocycles. The number of rotatable bonds is 15. The summed E-state index contributed by atoms with van der Waals surface area (Å²) in [5.41, 5.74) is 11.2. The Hall–Kier alpha value is -1.08. The number of ether oxygens (including phenoxy) is 1. The van der Waals surface area contributed by atoms with Crippen LogP contribution in [0.25, 0.3) is 10.1 Å². The van der Waals surface area contributed by atoms with Crippen molar-refractivity contribution in [2.24, 2.45) is 11.5 Å². The number of thiophene rings is 1. The summed E-state index contributed by atoms with van der Waals surface area (Å²) in [5.74, 6) is 0.632. The van der Waals surface area contributed by atoms with Crippen LogP contribution in [0, 0.1) is 0 Å². The summed E-state index contributed by atoms with van der Waals surface area (Å²) in [5, 5.41) is 0.687. The number of fused-ring (bicyclic) bond motifs is 1. The minimum Gasteiger partial charge on any atom is -0.494 e. The number of hydrogen-bond acceptors (Lipinski definition) is 8. The van der Waals surface area contributed by atoms with E-state index in [1.54, 1.807) is 18.2 Å². The Kier molecular flexibility index (Phi) is 10.3. The van der Waals surface area contributed by atoms with Crippen LogP contribution in [0.2, 0.25) is 0 Å². The van der Waals surface area contributed by atoms with Gasteiger partial charge in [-0.25, -0.2) is 8.42 Å². The van der Waals surface area contributed by atoms with Crippen molar-refractivity contribution in [2.75, 3.05) is 45.6 Å². The van der Waals surface area contributed by atoms with E-state index in [1.165, 1.54) is 6.07 Å². The van der Waals surface area contributed by atoms with Crippen LogP contribution in [0.1, 0.15) is 19.3 Å². The third-order valence-corrected chi connectivity index (χ3v) is 8.21. The average Bonchev–Trinajstić information content (AvgIpc) is 3.15. The van der Waals surface area contributed by atoms with E-state index in [2.05, 4.69) is 4.90 Å².